The van der Waals surface area contributed by atoms with Crippen molar-refractivity contribution in [2.45, 2.75) is 20.3 Å². The van der Waals surface area contributed by atoms with E-state index in [0.29, 0.717) is 61.9 Å². The molecule has 3 N–H and O–H groups in total. The first-order valence-electron chi connectivity index (χ1n) is 11.8. The van der Waals surface area contributed by atoms with E-state index in [9.17, 15) is 9.59 Å². The van der Waals surface area contributed by atoms with Crippen LogP contribution in [0.25, 0.3) is 55.2 Å². The number of rotatable bonds is 6. The van der Waals surface area contributed by atoms with Crippen LogP contribution in [0.5, 0.6) is 0 Å². The lowest BCUT2D eigenvalue weighted by molar-refractivity contribution is -0.115. The third kappa shape index (κ3) is 4.02. The molecule has 0 fully saturated rings. The molecule has 38 heavy (non-hydrogen) atoms. The quantitative estimate of drug-likeness (QED) is 0.229. The van der Waals surface area contributed by atoms with E-state index < -0.39 is 5.82 Å². The van der Waals surface area contributed by atoms with Crippen LogP contribution in [0.4, 0.5) is 10.1 Å². The lowest BCUT2D eigenvalue weighted by atomic mass is 10.0. The fourth-order valence-electron chi connectivity index (χ4n) is 4.25. The molecule has 5 heterocycles. The number of aromatic amines is 2. The van der Waals surface area contributed by atoms with E-state index in [2.05, 4.69) is 30.5 Å². The molecule has 0 aliphatic rings. The number of carbonyl (C=O) groups is 2. The van der Waals surface area contributed by atoms with E-state index in [1.54, 1.807) is 49.6 Å². The number of fused-ring (bicyclic) bond motifs is 2. The van der Waals surface area contributed by atoms with Gasteiger partial charge in [0.2, 0.25) is 5.91 Å². The van der Waals surface area contributed by atoms with E-state index in [1.165, 1.54) is 24.5 Å². The Bertz CT molecular complexity index is 1870. The van der Waals surface area contributed by atoms with Crippen LogP contribution in [-0.2, 0) is 4.79 Å². The summed E-state index contributed by atoms with van der Waals surface area (Å²) in [5.74, 6) is -0.285. The molecule has 0 atom stereocenters. The maximum atomic E-state index is 16.0. The number of carbonyl (C=O) groups excluding carboxylic acids is 2. The first kappa shape index (κ1) is 23.6. The second-order valence-electron chi connectivity index (χ2n) is 8.65. The lowest BCUT2D eigenvalue weighted by Crippen LogP contribution is -2.09. The number of thiophene rings is 1. The highest BCUT2D eigenvalue weighted by Crippen LogP contribution is 2.36. The number of nitrogens with one attached hydrogen (secondary N) is 3. The van der Waals surface area contributed by atoms with Gasteiger partial charge in [-0.15, -0.1) is 11.3 Å². The van der Waals surface area contributed by atoms with Gasteiger partial charge < -0.3 is 10.3 Å². The minimum atomic E-state index is -0.491. The Morgan fingerprint density at radius 3 is 2.74 bits per heavy atom. The number of benzene rings is 1. The van der Waals surface area contributed by atoms with Crippen molar-refractivity contribution < 1.29 is 14.0 Å². The average molecular weight is 526 g/mol. The van der Waals surface area contributed by atoms with Crippen molar-refractivity contribution in [1.29, 1.82) is 0 Å². The zero-order valence-electron chi connectivity index (χ0n) is 20.3. The van der Waals surface area contributed by atoms with Gasteiger partial charge in [0, 0.05) is 29.9 Å². The van der Waals surface area contributed by atoms with Crippen molar-refractivity contribution in [2.75, 3.05) is 5.32 Å². The van der Waals surface area contributed by atoms with Gasteiger partial charge in [-0.25, -0.2) is 9.37 Å². The summed E-state index contributed by atoms with van der Waals surface area (Å²) < 4.78 is 16.0. The zero-order valence-corrected chi connectivity index (χ0v) is 21.1. The predicted molar refractivity (Wildman–Crippen MR) is 144 cm³/mol. The number of nitrogens with zero attached hydrogens (tertiary/aromatic N) is 4. The molecule has 0 radical (unpaired) electrons. The van der Waals surface area contributed by atoms with E-state index in [4.69, 9.17) is 4.98 Å². The molecule has 188 valence electrons. The third-order valence-electron chi connectivity index (χ3n) is 6.13. The van der Waals surface area contributed by atoms with Gasteiger partial charge in [0.05, 0.1) is 38.1 Å². The van der Waals surface area contributed by atoms with Crippen molar-refractivity contribution in [2.24, 2.45) is 0 Å². The Kier molecular flexibility index (Phi) is 5.76. The van der Waals surface area contributed by atoms with Crippen LogP contribution in [0.2, 0.25) is 0 Å². The molecule has 6 rings (SSSR count). The van der Waals surface area contributed by atoms with Crippen LogP contribution < -0.4 is 5.32 Å². The highest BCUT2D eigenvalue weighted by molar-refractivity contribution is 7.17. The normalized spacial score (nSPS) is 11.3. The summed E-state index contributed by atoms with van der Waals surface area (Å²) in [7, 11) is 0. The van der Waals surface area contributed by atoms with E-state index in [1.807, 2.05) is 6.07 Å². The number of Topliss-reactive ketones (excluding diaryl/α,β-unsaturated/α-hetero) is 1. The molecule has 9 nitrogen and oxygen atoms in total. The van der Waals surface area contributed by atoms with Gasteiger partial charge in [0.1, 0.15) is 22.7 Å². The number of hydrogen-bond acceptors (Lipinski definition) is 7. The van der Waals surface area contributed by atoms with E-state index in [0.717, 1.165) is 4.88 Å². The molecule has 0 saturated heterocycles. The van der Waals surface area contributed by atoms with Gasteiger partial charge in [0.15, 0.2) is 11.6 Å². The van der Waals surface area contributed by atoms with Crippen LogP contribution in [0, 0.1) is 5.82 Å². The first-order chi connectivity index (χ1) is 18.4. The molecule has 0 aliphatic heterocycles. The lowest BCUT2D eigenvalue weighted by Gasteiger charge is -2.08. The Hall–Kier alpha value is -4.77. The highest BCUT2D eigenvalue weighted by atomic mass is 32.1. The largest absolute Gasteiger partial charge is 0.336 e. The van der Waals surface area contributed by atoms with Gasteiger partial charge in [-0.05, 0) is 43.3 Å². The molecule has 1 amide bonds. The smallest absolute Gasteiger partial charge is 0.224 e. The Morgan fingerprint density at radius 1 is 1.08 bits per heavy atom. The topological polar surface area (TPSA) is 129 Å². The standard InChI is InChI=1S/C27H20FN7O2S/c1-3-21(37)31-15-10-14(11-29-12-15)16-4-5-17-22(23(16)28)26(35-34-17)27-32-18-8-9-30-25(24(18)33-27)20-7-6-19(38-20)13(2)36/h4-12H,3H2,1-2H3,(H,31,37)(H,32,33)(H,34,35). The molecule has 5 aromatic heterocycles. The molecule has 6 aromatic rings. The monoisotopic (exact) mass is 525 g/mol. The fourth-order valence-corrected chi connectivity index (χ4v) is 5.15. The van der Waals surface area contributed by atoms with Crippen molar-refractivity contribution in [3.05, 3.63) is 65.7 Å². The zero-order chi connectivity index (χ0) is 26.4. The number of halogens is 1. The second kappa shape index (κ2) is 9.27. The maximum Gasteiger partial charge on any atom is 0.224 e. The molecular formula is C27H20FN7O2S. The molecule has 0 saturated carbocycles. The molecule has 0 aliphatic carbocycles. The highest BCUT2D eigenvalue weighted by Gasteiger charge is 2.21. The fraction of sp³-hybridized carbons (Fsp3) is 0.111. The van der Waals surface area contributed by atoms with Crippen molar-refractivity contribution in [3.8, 4) is 33.2 Å². The SMILES string of the molecule is CCC(=O)Nc1cncc(-c2ccc3[nH]nc(-c4nc5c(-c6ccc(C(C)=O)s6)nccc5[nH]4)c3c2F)c1. The van der Waals surface area contributed by atoms with Gasteiger partial charge in [0.25, 0.3) is 0 Å². The average Bonchev–Trinajstić information content (AvgIpc) is 3.67. The molecule has 0 unspecified atom stereocenters. The molecule has 11 heteroatoms. The molecular weight excluding hydrogens is 505 g/mol. The first-order valence-corrected chi connectivity index (χ1v) is 12.6. The number of H-pyrrole nitrogens is 2. The Balaban J connectivity index is 1.45. The van der Waals surface area contributed by atoms with Crippen molar-refractivity contribution in [3.63, 3.8) is 0 Å². The summed E-state index contributed by atoms with van der Waals surface area (Å²) in [6.07, 6.45) is 5.04. The summed E-state index contributed by atoms with van der Waals surface area (Å²) in [6, 6.07) is 10.5. The van der Waals surface area contributed by atoms with Crippen LogP contribution in [0.15, 0.2) is 55.0 Å². The minimum absolute atomic E-state index is 0.0149. The van der Waals surface area contributed by atoms with Crippen molar-refractivity contribution in [1.82, 2.24) is 30.1 Å². The predicted octanol–water partition coefficient (Wildman–Crippen LogP) is 5.98. The summed E-state index contributed by atoms with van der Waals surface area (Å²) in [5.41, 5.74) is 4.07. The Morgan fingerprint density at radius 2 is 1.95 bits per heavy atom. The number of pyridine rings is 2. The molecule has 0 spiro atoms. The number of amides is 1. The summed E-state index contributed by atoms with van der Waals surface area (Å²) in [4.78, 5) is 41.6. The second-order valence-corrected chi connectivity index (χ2v) is 9.73. The number of ketones is 1. The third-order valence-corrected chi connectivity index (χ3v) is 7.33. The minimum Gasteiger partial charge on any atom is -0.336 e. The number of hydrogen-bond donors (Lipinski definition) is 3. The van der Waals surface area contributed by atoms with Gasteiger partial charge in [-0.2, -0.15) is 5.10 Å². The van der Waals surface area contributed by atoms with Crippen molar-refractivity contribution >= 4 is 50.7 Å². The van der Waals surface area contributed by atoms with Gasteiger partial charge >= 0.3 is 0 Å². The summed E-state index contributed by atoms with van der Waals surface area (Å²) >= 11 is 1.35. The number of imidazole rings is 1. The summed E-state index contributed by atoms with van der Waals surface area (Å²) in [5, 5.41) is 10.3. The van der Waals surface area contributed by atoms with Crippen LogP contribution >= 0.6 is 11.3 Å². The van der Waals surface area contributed by atoms with Crippen LogP contribution in [0.3, 0.4) is 0 Å². The molecule has 0 bridgehead atoms. The Labute approximate surface area is 219 Å². The van der Waals surface area contributed by atoms with Crippen LogP contribution in [0.1, 0.15) is 29.9 Å². The maximum absolute atomic E-state index is 16.0. The number of aromatic nitrogens is 6. The van der Waals surface area contributed by atoms with Crippen LogP contribution in [-0.4, -0.2) is 41.8 Å². The number of anilines is 1. The van der Waals surface area contributed by atoms with E-state index >= 15 is 4.39 Å². The summed E-state index contributed by atoms with van der Waals surface area (Å²) in [6.45, 7) is 3.27. The van der Waals surface area contributed by atoms with Gasteiger partial charge in [-0.1, -0.05) is 6.92 Å². The van der Waals surface area contributed by atoms with Gasteiger partial charge in [-0.3, -0.25) is 24.7 Å². The van der Waals surface area contributed by atoms with E-state index in [-0.39, 0.29) is 17.1 Å². The molecule has 1 aromatic carbocycles.